The lowest BCUT2D eigenvalue weighted by molar-refractivity contribution is 0.368. The monoisotopic (exact) mass is 229 g/mol. The van der Waals surface area contributed by atoms with E-state index in [-0.39, 0.29) is 0 Å². The van der Waals surface area contributed by atoms with Crippen molar-refractivity contribution in [2.75, 3.05) is 5.73 Å². The van der Waals surface area contributed by atoms with Gasteiger partial charge in [-0.2, -0.15) is 0 Å². The molecule has 5 nitrogen and oxygen atoms in total. The largest absolute Gasteiger partial charge is 0.382 e. The third-order valence-electron chi connectivity index (χ3n) is 3.26. The Morgan fingerprint density at radius 2 is 2.06 bits per heavy atom. The molecule has 0 spiro atoms. The summed E-state index contributed by atoms with van der Waals surface area (Å²) < 4.78 is 1.92. The third-order valence-corrected chi connectivity index (χ3v) is 3.26. The van der Waals surface area contributed by atoms with Crippen LogP contribution in [0.2, 0.25) is 0 Å². The number of rotatable bonds is 3. The van der Waals surface area contributed by atoms with Gasteiger partial charge in [0.05, 0.1) is 6.33 Å². The van der Waals surface area contributed by atoms with E-state index in [1.165, 1.54) is 6.33 Å². The summed E-state index contributed by atoms with van der Waals surface area (Å²) in [5.74, 6) is 3.23. The molecule has 17 heavy (non-hydrogen) atoms. The molecule has 0 radical (unpaired) electrons. The van der Waals surface area contributed by atoms with E-state index in [9.17, 15) is 0 Å². The lowest BCUT2D eigenvalue weighted by atomic mass is 9.93. The van der Waals surface area contributed by atoms with Crippen molar-refractivity contribution in [3.63, 3.8) is 0 Å². The Bertz CT molecular complexity index is 574. The minimum Gasteiger partial charge on any atom is -0.382 e. The zero-order chi connectivity index (χ0) is 12.5. The van der Waals surface area contributed by atoms with Gasteiger partial charge in [0.2, 0.25) is 0 Å². The molecule has 2 heterocycles. The first kappa shape index (κ1) is 11.4. The molecule has 2 rings (SSSR count). The van der Waals surface area contributed by atoms with E-state index in [0.29, 0.717) is 17.0 Å². The van der Waals surface area contributed by atoms with Gasteiger partial charge in [0.25, 0.3) is 0 Å². The number of imidazole rings is 1. The predicted octanol–water partition coefficient (Wildman–Crippen LogP) is 1.56. The highest BCUT2D eigenvalue weighted by Gasteiger charge is 2.28. The minimum absolute atomic E-state index is 0.381. The fourth-order valence-corrected chi connectivity index (χ4v) is 2.03. The minimum atomic E-state index is -0.393. The smallest absolute Gasteiger partial charge is 0.166 e. The second-order valence-corrected chi connectivity index (χ2v) is 3.93. The number of anilines is 1. The van der Waals surface area contributed by atoms with Crippen LogP contribution in [0.25, 0.3) is 11.2 Å². The first-order valence-electron chi connectivity index (χ1n) is 5.60. The van der Waals surface area contributed by atoms with Crippen LogP contribution in [0, 0.1) is 12.3 Å². The van der Waals surface area contributed by atoms with Gasteiger partial charge in [-0.3, -0.25) is 4.57 Å². The highest BCUT2D eigenvalue weighted by atomic mass is 15.2. The van der Waals surface area contributed by atoms with Gasteiger partial charge >= 0.3 is 0 Å². The molecule has 0 aliphatic carbocycles. The molecule has 0 unspecified atom stereocenters. The molecule has 0 aromatic carbocycles. The summed E-state index contributed by atoms with van der Waals surface area (Å²) in [7, 11) is 0. The predicted molar refractivity (Wildman–Crippen MR) is 67.1 cm³/mol. The summed E-state index contributed by atoms with van der Waals surface area (Å²) in [6.45, 7) is 4.11. The molecule has 0 fully saturated rings. The summed E-state index contributed by atoms with van der Waals surface area (Å²) in [6.07, 6.45) is 10.4. The van der Waals surface area contributed by atoms with Crippen LogP contribution in [-0.4, -0.2) is 19.5 Å². The number of fused-ring (bicyclic) bond motifs is 1. The summed E-state index contributed by atoms with van der Waals surface area (Å²) >= 11 is 0. The number of terminal acetylenes is 1. The Kier molecular flexibility index (Phi) is 2.72. The van der Waals surface area contributed by atoms with Crippen molar-refractivity contribution in [3.05, 3.63) is 12.7 Å². The van der Waals surface area contributed by atoms with Gasteiger partial charge in [0.15, 0.2) is 11.5 Å². The normalized spacial score (nSPS) is 11.6. The number of hydrogen-bond acceptors (Lipinski definition) is 4. The van der Waals surface area contributed by atoms with E-state index >= 15 is 0 Å². The SMILES string of the molecule is C#CC(CC)(CC)n1cnc2c(N)ncnc21. The average molecular weight is 229 g/mol. The molecule has 5 heteroatoms. The zero-order valence-electron chi connectivity index (χ0n) is 10.0. The topological polar surface area (TPSA) is 69.6 Å². The van der Waals surface area contributed by atoms with Crippen LogP contribution in [0.1, 0.15) is 26.7 Å². The Balaban J connectivity index is 2.72. The number of aromatic nitrogens is 4. The molecule has 0 aliphatic rings. The molecule has 0 atom stereocenters. The van der Waals surface area contributed by atoms with Crippen LogP contribution in [-0.2, 0) is 5.54 Å². The van der Waals surface area contributed by atoms with Crippen LogP contribution < -0.4 is 5.73 Å². The Morgan fingerprint density at radius 1 is 1.35 bits per heavy atom. The lowest BCUT2D eigenvalue weighted by Gasteiger charge is -2.27. The third kappa shape index (κ3) is 1.53. The Hall–Kier alpha value is -2.09. The molecule has 0 saturated heterocycles. The lowest BCUT2D eigenvalue weighted by Crippen LogP contribution is -2.30. The van der Waals surface area contributed by atoms with Crippen molar-refractivity contribution in [1.82, 2.24) is 19.5 Å². The summed E-state index contributed by atoms with van der Waals surface area (Å²) in [4.78, 5) is 12.4. The second-order valence-electron chi connectivity index (χ2n) is 3.93. The van der Waals surface area contributed by atoms with Gasteiger partial charge in [0.1, 0.15) is 17.4 Å². The quantitative estimate of drug-likeness (QED) is 0.811. The summed E-state index contributed by atoms with van der Waals surface area (Å²) in [5, 5.41) is 0. The fourth-order valence-electron chi connectivity index (χ4n) is 2.03. The molecular formula is C12H15N5. The molecule has 0 amide bonds. The van der Waals surface area contributed by atoms with Gasteiger partial charge in [0, 0.05) is 0 Å². The van der Waals surface area contributed by atoms with Gasteiger partial charge in [-0.15, -0.1) is 6.42 Å². The van der Waals surface area contributed by atoms with E-state index in [1.807, 2.05) is 4.57 Å². The van der Waals surface area contributed by atoms with Crippen molar-refractivity contribution >= 4 is 17.0 Å². The van der Waals surface area contributed by atoms with Gasteiger partial charge in [-0.25, -0.2) is 15.0 Å². The van der Waals surface area contributed by atoms with Gasteiger partial charge < -0.3 is 5.73 Å². The molecule has 0 saturated carbocycles. The maximum atomic E-state index is 5.76. The van der Waals surface area contributed by atoms with Crippen LogP contribution in [0.4, 0.5) is 5.82 Å². The first-order chi connectivity index (χ1) is 8.18. The molecule has 2 aromatic heterocycles. The van der Waals surface area contributed by atoms with Crippen LogP contribution in [0.5, 0.6) is 0 Å². The van der Waals surface area contributed by atoms with Crippen molar-refractivity contribution < 1.29 is 0 Å². The van der Waals surface area contributed by atoms with E-state index in [0.717, 1.165) is 12.8 Å². The van der Waals surface area contributed by atoms with Crippen LogP contribution in [0.15, 0.2) is 12.7 Å². The van der Waals surface area contributed by atoms with Crippen molar-refractivity contribution in [2.45, 2.75) is 32.2 Å². The highest BCUT2D eigenvalue weighted by molar-refractivity contribution is 5.81. The number of hydrogen-bond donors (Lipinski definition) is 1. The van der Waals surface area contributed by atoms with Gasteiger partial charge in [-0.1, -0.05) is 19.8 Å². The van der Waals surface area contributed by atoms with Gasteiger partial charge in [-0.05, 0) is 12.8 Å². The van der Waals surface area contributed by atoms with Crippen LogP contribution >= 0.6 is 0 Å². The zero-order valence-corrected chi connectivity index (χ0v) is 10.0. The molecule has 0 bridgehead atoms. The van der Waals surface area contributed by atoms with Crippen LogP contribution in [0.3, 0.4) is 0 Å². The highest BCUT2D eigenvalue weighted by Crippen LogP contribution is 2.28. The standard InChI is InChI=1S/C12H15N5/c1-4-12(5-2,6-3)17-8-16-9-10(13)14-7-15-11(9)17/h1,7-8H,5-6H2,2-3H3,(H2,13,14,15). The number of nitrogens with two attached hydrogens (primary N) is 1. The molecule has 2 N–H and O–H groups in total. The van der Waals surface area contributed by atoms with Crippen molar-refractivity contribution in [3.8, 4) is 12.3 Å². The fraction of sp³-hybridized carbons (Fsp3) is 0.417. The van der Waals surface area contributed by atoms with Crippen molar-refractivity contribution in [2.24, 2.45) is 0 Å². The molecule has 2 aromatic rings. The van der Waals surface area contributed by atoms with E-state index < -0.39 is 5.54 Å². The Labute approximate surface area is 100 Å². The molecular weight excluding hydrogens is 214 g/mol. The van der Waals surface area contributed by atoms with E-state index in [1.54, 1.807) is 6.33 Å². The maximum Gasteiger partial charge on any atom is 0.166 e. The first-order valence-corrected chi connectivity index (χ1v) is 5.60. The average Bonchev–Trinajstić information content (AvgIpc) is 2.79. The second kappa shape index (κ2) is 4.06. The van der Waals surface area contributed by atoms with Crippen molar-refractivity contribution in [1.29, 1.82) is 0 Å². The Morgan fingerprint density at radius 3 is 2.65 bits per heavy atom. The summed E-state index contributed by atoms with van der Waals surface area (Å²) in [5.41, 5.74) is 6.66. The number of nitrogens with zero attached hydrogens (tertiary/aromatic N) is 4. The van der Waals surface area contributed by atoms with E-state index in [2.05, 4.69) is 34.7 Å². The summed E-state index contributed by atoms with van der Waals surface area (Å²) in [6, 6.07) is 0. The van der Waals surface area contributed by atoms with E-state index in [4.69, 9.17) is 12.2 Å². The molecule has 88 valence electrons. The molecule has 0 aliphatic heterocycles. The maximum absolute atomic E-state index is 5.76. The number of nitrogen functional groups attached to an aromatic ring is 1.